The van der Waals surface area contributed by atoms with Gasteiger partial charge in [-0.25, -0.2) is 4.79 Å². The molecule has 21 heavy (non-hydrogen) atoms. The molecule has 0 aromatic rings. The first-order valence-electron chi connectivity index (χ1n) is 7.17. The number of aliphatic hydroxyl groups excluding tert-OH is 1. The Morgan fingerprint density at radius 2 is 2.14 bits per heavy atom. The summed E-state index contributed by atoms with van der Waals surface area (Å²) in [6.45, 7) is 8.48. The Hall–Kier alpha value is -1.34. The molecule has 0 aliphatic carbocycles. The van der Waals surface area contributed by atoms with Gasteiger partial charge in [0.15, 0.2) is 0 Å². The Morgan fingerprint density at radius 1 is 1.48 bits per heavy atom. The van der Waals surface area contributed by atoms with Gasteiger partial charge in [-0.15, -0.1) is 0 Å². The van der Waals surface area contributed by atoms with Crippen LogP contribution >= 0.6 is 0 Å². The average Bonchev–Trinajstić information content (AvgIpc) is 2.59. The third-order valence-corrected chi connectivity index (χ3v) is 3.05. The van der Waals surface area contributed by atoms with E-state index in [9.17, 15) is 14.7 Å². The molecule has 0 saturated carbocycles. The summed E-state index contributed by atoms with van der Waals surface area (Å²) < 4.78 is 10.8. The van der Waals surface area contributed by atoms with Crippen molar-refractivity contribution in [2.45, 2.75) is 39.4 Å². The van der Waals surface area contributed by atoms with Crippen molar-refractivity contribution < 1.29 is 24.2 Å². The first-order chi connectivity index (χ1) is 9.69. The summed E-state index contributed by atoms with van der Waals surface area (Å²) in [5.74, 6) is -0.459. The van der Waals surface area contributed by atoms with Crippen molar-refractivity contribution in [3.05, 3.63) is 0 Å². The number of nitrogens with one attached hydrogen (secondary N) is 1. The van der Waals surface area contributed by atoms with Crippen LogP contribution in [0.2, 0.25) is 0 Å². The second-order valence-corrected chi connectivity index (χ2v) is 6.27. The van der Waals surface area contributed by atoms with Gasteiger partial charge in [0.2, 0.25) is 5.91 Å². The van der Waals surface area contributed by atoms with E-state index >= 15 is 0 Å². The van der Waals surface area contributed by atoms with E-state index in [0.29, 0.717) is 26.3 Å². The minimum absolute atomic E-state index is 0.144. The van der Waals surface area contributed by atoms with Gasteiger partial charge in [0, 0.05) is 32.5 Å². The zero-order valence-corrected chi connectivity index (χ0v) is 13.2. The highest BCUT2D eigenvalue weighted by Gasteiger charge is 2.30. The molecule has 1 aliphatic heterocycles. The standard InChI is InChI=1S/C14H26N2O5/c1-10(17)15-7-12(18)11-8-16(5-6-20-9-11)13(19)21-14(2,3)4/h11-12,18H,5-9H2,1-4H3,(H,15,17)/t11-,12-/m1/s1. The molecule has 0 aromatic heterocycles. The predicted octanol–water partition coefficient (Wildman–Crippen LogP) is 0.367. The Labute approximate surface area is 125 Å². The van der Waals surface area contributed by atoms with Gasteiger partial charge in [-0.2, -0.15) is 0 Å². The maximum absolute atomic E-state index is 12.1. The first-order valence-corrected chi connectivity index (χ1v) is 7.17. The van der Waals surface area contributed by atoms with Crippen LogP contribution in [0.25, 0.3) is 0 Å². The van der Waals surface area contributed by atoms with E-state index in [4.69, 9.17) is 9.47 Å². The zero-order valence-electron chi connectivity index (χ0n) is 13.2. The Kier molecular flexibility index (Phi) is 6.42. The lowest BCUT2D eigenvalue weighted by Gasteiger charge is -2.29. The number of rotatable bonds is 3. The highest BCUT2D eigenvalue weighted by Crippen LogP contribution is 2.15. The minimum Gasteiger partial charge on any atom is -0.444 e. The maximum atomic E-state index is 12.1. The highest BCUT2D eigenvalue weighted by molar-refractivity contribution is 5.72. The molecule has 122 valence electrons. The van der Waals surface area contributed by atoms with Crippen molar-refractivity contribution >= 4 is 12.0 Å². The molecule has 1 saturated heterocycles. The lowest BCUT2D eigenvalue weighted by Crippen LogP contribution is -2.44. The van der Waals surface area contributed by atoms with Crippen LogP contribution in [0.4, 0.5) is 4.79 Å². The van der Waals surface area contributed by atoms with Crippen LogP contribution in [-0.4, -0.2) is 66.6 Å². The molecular weight excluding hydrogens is 276 g/mol. The molecule has 0 unspecified atom stereocenters. The van der Waals surface area contributed by atoms with E-state index in [2.05, 4.69) is 5.32 Å². The summed E-state index contributed by atoms with van der Waals surface area (Å²) >= 11 is 0. The van der Waals surface area contributed by atoms with Crippen molar-refractivity contribution in [1.82, 2.24) is 10.2 Å². The van der Waals surface area contributed by atoms with Gasteiger partial charge in [-0.05, 0) is 20.8 Å². The molecule has 0 bridgehead atoms. The number of carbonyl (C=O) groups is 2. The van der Waals surface area contributed by atoms with Crippen LogP contribution in [0, 0.1) is 5.92 Å². The van der Waals surface area contributed by atoms with Gasteiger partial charge in [0.05, 0.1) is 19.3 Å². The normalized spacial score (nSPS) is 21.4. The highest BCUT2D eigenvalue weighted by atomic mass is 16.6. The molecule has 7 nitrogen and oxygen atoms in total. The molecule has 0 spiro atoms. The van der Waals surface area contributed by atoms with E-state index in [1.54, 1.807) is 4.90 Å². The molecule has 2 amide bonds. The van der Waals surface area contributed by atoms with Crippen molar-refractivity contribution in [1.29, 1.82) is 0 Å². The molecule has 1 heterocycles. The van der Waals surface area contributed by atoms with Gasteiger partial charge in [-0.1, -0.05) is 0 Å². The van der Waals surface area contributed by atoms with Crippen molar-refractivity contribution in [3.63, 3.8) is 0 Å². The second-order valence-electron chi connectivity index (χ2n) is 6.27. The smallest absolute Gasteiger partial charge is 0.410 e. The fourth-order valence-electron chi connectivity index (χ4n) is 1.98. The predicted molar refractivity (Wildman–Crippen MR) is 76.8 cm³/mol. The summed E-state index contributed by atoms with van der Waals surface area (Å²) in [5.41, 5.74) is -0.561. The van der Waals surface area contributed by atoms with Gasteiger partial charge >= 0.3 is 6.09 Å². The van der Waals surface area contributed by atoms with E-state index < -0.39 is 17.8 Å². The zero-order chi connectivity index (χ0) is 16.0. The van der Waals surface area contributed by atoms with Crippen molar-refractivity contribution in [2.75, 3.05) is 32.8 Å². The molecule has 1 fully saturated rings. The Morgan fingerprint density at radius 3 is 2.71 bits per heavy atom. The van der Waals surface area contributed by atoms with Crippen LogP contribution < -0.4 is 5.32 Å². The van der Waals surface area contributed by atoms with E-state index in [-0.39, 0.29) is 18.4 Å². The van der Waals surface area contributed by atoms with E-state index in [0.717, 1.165) is 0 Å². The number of hydrogen-bond donors (Lipinski definition) is 2. The first kappa shape index (κ1) is 17.7. The number of hydrogen-bond acceptors (Lipinski definition) is 5. The summed E-state index contributed by atoms with van der Waals surface area (Å²) in [6, 6.07) is 0. The maximum Gasteiger partial charge on any atom is 0.410 e. The van der Waals surface area contributed by atoms with Crippen LogP contribution in [0.15, 0.2) is 0 Å². The number of amides is 2. The average molecular weight is 302 g/mol. The van der Waals surface area contributed by atoms with Gasteiger partial charge < -0.3 is 24.8 Å². The van der Waals surface area contributed by atoms with Crippen molar-refractivity contribution in [2.24, 2.45) is 5.92 Å². The van der Waals surface area contributed by atoms with Gasteiger partial charge in [0.25, 0.3) is 0 Å². The fourth-order valence-corrected chi connectivity index (χ4v) is 1.98. The molecule has 1 rings (SSSR count). The van der Waals surface area contributed by atoms with Gasteiger partial charge in [-0.3, -0.25) is 4.79 Å². The van der Waals surface area contributed by atoms with E-state index in [1.807, 2.05) is 20.8 Å². The monoisotopic (exact) mass is 302 g/mol. The summed E-state index contributed by atoms with van der Waals surface area (Å²) in [5, 5.41) is 12.7. The van der Waals surface area contributed by atoms with Crippen molar-refractivity contribution in [3.8, 4) is 0 Å². The summed E-state index contributed by atoms with van der Waals surface area (Å²) in [6.07, 6.45) is -1.18. The number of carbonyl (C=O) groups excluding carboxylic acids is 2. The lowest BCUT2D eigenvalue weighted by atomic mass is 10.0. The quantitative estimate of drug-likeness (QED) is 0.786. The molecule has 7 heteroatoms. The van der Waals surface area contributed by atoms with E-state index in [1.165, 1.54) is 6.92 Å². The molecule has 1 aliphatic rings. The lowest BCUT2D eigenvalue weighted by molar-refractivity contribution is -0.119. The Balaban J connectivity index is 2.59. The minimum atomic E-state index is -0.767. The second kappa shape index (κ2) is 7.61. The number of ether oxygens (including phenoxy) is 2. The van der Waals surface area contributed by atoms with Crippen LogP contribution in [0.1, 0.15) is 27.7 Å². The van der Waals surface area contributed by atoms with Gasteiger partial charge in [0.1, 0.15) is 5.60 Å². The van der Waals surface area contributed by atoms with Crippen LogP contribution in [0.3, 0.4) is 0 Å². The number of nitrogens with zero attached hydrogens (tertiary/aromatic N) is 1. The van der Waals surface area contributed by atoms with Crippen LogP contribution in [0.5, 0.6) is 0 Å². The molecule has 2 N–H and O–H groups in total. The molecule has 0 radical (unpaired) electrons. The largest absolute Gasteiger partial charge is 0.444 e. The number of aliphatic hydroxyl groups is 1. The molecule has 2 atom stereocenters. The molecular formula is C14H26N2O5. The third kappa shape index (κ3) is 6.77. The molecule has 0 aromatic carbocycles. The fraction of sp³-hybridized carbons (Fsp3) is 0.857. The Bertz CT molecular complexity index is 367. The third-order valence-electron chi connectivity index (χ3n) is 3.05. The SMILES string of the molecule is CC(=O)NC[C@@H](O)[C@H]1COCCN(C(=O)OC(C)(C)C)C1. The van der Waals surface area contributed by atoms with Crippen LogP contribution in [-0.2, 0) is 14.3 Å². The summed E-state index contributed by atoms with van der Waals surface area (Å²) in [4.78, 5) is 24.5. The summed E-state index contributed by atoms with van der Waals surface area (Å²) in [7, 11) is 0. The topological polar surface area (TPSA) is 88.1 Å².